The molecular formula is C14H22O3. The summed E-state index contributed by atoms with van der Waals surface area (Å²) in [6.45, 7) is 6.14. The van der Waals surface area contributed by atoms with Crippen LogP contribution in [-0.4, -0.2) is 23.6 Å². The average Bonchev–Trinajstić information content (AvgIpc) is 2.27. The number of aliphatic hydroxyl groups excluding tert-OH is 1. The van der Waals surface area contributed by atoms with Crippen molar-refractivity contribution in [2.75, 3.05) is 7.11 Å². The Kier molecular flexibility index (Phi) is 2.85. The number of carbonyl (C=O) groups is 1. The smallest absolute Gasteiger partial charge is 0.162 e. The highest BCUT2D eigenvalue weighted by Gasteiger charge is 2.50. The molecular weight excluding hydrogens is 216 g/mol. The zero-order valence-electron chi connectivity index (χ0n) is 11.1. The minimum atomic E-state index is -0.275. The van der Waals surface area contributed by atoms with Crippen LogP contribution < -0.4 is 0 Å². The van der Waals surface area contributed by atoms with Crippen LogP contribution in [0.1, 0.15) is 40.0 Å². The molecule has 3 atom stereocenters. The minimum Gasteiger partial charge on any atom is -0.512 e. The van der Waals surface area contributed by atoms with Crippen molar-refractivity contribution in [1.82, 2.24) is 0 Å². The highest BCUT2D eigenvalue weighted by atomic mass is 16.5. The number of hydrogen-bond donors (Lipinski definition) is 1. The molecule has 1 N–H and O–H groups in total. The van der Waals surface area contributed by atoms with Crippen molar-refractivity contribution >= 4 is 5.78 Å². The third kappa shape index (κ3) is 1.90. The minimum absolute atomic E-state index is 0.000370. The molecule has 0 aliphatic heterocycles. The van der Waals surface area contributed by atoms with E-state index in [0.717, 1.165) is 19.3 Å². The molecule has 0 aromatic rings. The van der Waals surface area contributed by atoms with E-state index in [4.69, 9.17) is 4.74 Å². The van der Waals surface area contributed by atoms with Gasteiger partial charge < -0.3 is 9.84 Å². The third-order valence-electron chi connectivity index (χ3n) is 4.85. The summed E-state index contributed by atoms with van der Waals surface area (Å²) < 4.78 is 5.54. The van der Waals surface area contributed by atoms with Gasteiger partial charge in [-0.15, -0.1) is 0 Å². The number of methoxy groups -OCH3 is 1. The fourth-order valence-electron chi connectivity index (χ4n) is 3.34. The van der Waals surface area contributed by atoms with Gasteiger partial charge in [-0.3, -0.25) is 4.79 Å². The Morgan fingerprint density at radius 2 is 2.18 bits per heavy atom. The average molecular weight is 238 g/mol. The summed E-state index contributed by atoms with van der Waals surface area (Å²) in [4.78, 5) is 12.0. The number of ketones is 1. The molecule has 96 valence electrons. The number of hydrogen-bond acceptors (Lipinski definition) is 3. The zero-order chi connectivity index (χ0) is 12.8. The van der Waals surface area contributed by atoms with E-state index in [2.05, 4.69) is 0 Å². The molecule has 1 saturated carbocycles. The lowest BCUT2D eigenvalue weighted by atomic mass is 9.58. The van der Waals surface area contributed by atoms with Gasteiger partial charge in [0.05, 0.1) is 5.60 Å². The van der Waals surface area contributed by atoms with Gasteiger partial charge in [-0.25, -0.2) is 0 Å². The van der Waals surface area contributed by atoms with Gasteiger partial charge in [-0.1, -0.05) is 6.92 Å². The monoisotopic (exact) mass is 238 g/mol. The molecule has 0 amide bonds. The molecule has 0 radical (unpaired) electrons. The largest absolute Gasteiger partial charge is 0.512 e. The first-order chi connectivity index (χ1) is 7.80. The maximum Gasteiger partial charge on any atom is 0.162 e. The van der Waals surface area contributed by atoms with Gasteiger partial charge in [0, 0.05) is 24.5 Å². The molecule has 2 aliphatic carbocycles. The summed E-state index contributed by atoms with van der Waals surface area (Å²) in [7, 11) is 1.70. The lowest BCUT2D eigenvalue weighted by molar-refractivity contribution is -0.134. The summed E-state index contributed by atoms with van der Waals surface area (Å²) in [5.41, 5.74) is -0.471. The van der Waals surface area contributed by atoms with E-state index in [1.165, 1.54) is 6.08 Å². The van der Waals surface area contributed by atoms with Crippen LogP contribution >= 0.6 is 0 Å². The van der Waals surface area contributed by atoms with Crippen molar-refractivity contribution in [3.63, 3.8) is 0 Å². The molecule has 0 aromatic carbocycles. The second kappa shape index (κ2) is 3.84. The van der Waals surface area contributed by atoms with E-state index >= 15 is 0 Å². The van der Waals surface area contributed by atoms with Crippen molar-refractivity contribution in [3.05, 3.63) is 11.8 Å². The fraction of sp³-hybridized carbons (Fsp3) is 0.786. The number of allylic oxidation sites excluding steroid dienone is 2. The summed E-state index contributed by atoms with van der Waals surface area (Å²) in [6, 6.07) is 0. The maximum atomic E-state index is 12.0. The number of ether oxygens (including phenoxy) is 1. The summed E-state index contributed by atoms with van der Waals surface area (Å²) in [5.74, 6) is 0.583. The molecule has 2 aliphatic rings. The maximum absolute atomic E-state index is 12.0. The first-order valence-electron chi connectivity index (χ1n) is 6.30. The first kappa shape index (κ1) is 12.6. The number of aliphatic hydroxyl groups is 1. The zero-order valence-corrected chi connectivity index (χ0v) is 11.1. The molecule has 2 rings (SSSR count). The third-order valence-corrected chi connectivity index (χ3v) is 4.85. The van der Waals surface area contributed by atoms with Gasteiger partial charge in [0.25, 0.3) is 0 Å². The van der Waals surface area contributed by atoms with E-state index < -0.39 is 0 Å². The molecule has 3 heteroatoms. The van der Waals surface area contributed by atoms with Gasteiger partial charge in [-0.2, -0.15) is 0 Å². The summed E-state index contributed by atoms with van der Waals surface area (Å²) in [5, 5.41) is 9.91. The van der Waals surface area contributed by atoms with Crippen molar-refractivity contribution in [1.29, 1.82) is 0 Å². The van der Waals surface area contributed by atoms with Crippen molar-refractivity contribution < 1.29 is 14.6 Å². The molecule has 3 nitrogen and oxygen atoms in total. The number of rotatable bonds is 2. The normalized spacial score (nSPS) is 37.9. The van der Waals surface area contributed by atoms with Gasteiger partial charge in [0.15, 0.2) is 5.78 Å². The standard InChI is InChI=1S/C14H22O3/c1-13(2,17-4)10-5-6-14(3)8-9(10)11(15)7-12(14)16/h7,9-10,16H,5-6,8H2,1-4H3/t9-,10+,14+/m0/s1. The summed E-state index contributed by atoms with van der Waals surface area (Å²) >= 11 is 0. The highest BCUT2D eigenvalue weighted by molar-refractivity contribution is 5.93. The van der Waals surface area contributed by atoms with Crippen LogP contribution in [0.25, 0.3) is 0 Å². The van der Waals surface area contributed by atoms with Crippen LogP contribution in [0.15, 0.2) is 11.8 Å². The van der Waals surface area contributed by atoms with Gasteiger partial charge >= 0.3 is 0 Å². The number of carbonyl (C=O) groups excluding carboxylic acids is 1. The Morgan fingerprint density at radius 3 is 2.76 bits per heavy atom. The molecule has 1 fully saturated rings. The van der Waals surface area contributed by atoms with Crippen LogP contribution in [0.2, 0.25) is 0 Å². The van der Waals surface area contributed by atoms with E-state index in [0.29, 0.717) is 0 Å². The Morgan fingerprint density at radius 1 is 1.53 bits per heavy atom. The summed E-state index contributed by atoms with van der Waals surface area (Å²) in [6.07, 6.45) is 4.06. The predicted molar refractivity (Wildman–Crippen MR) is 65.7 cm³/mol. The number of fused-ring (bicyclic) bond motifs is 2. The Bertz CT molecular complexity index is 370. The second-order valence-electron chi connectivity index (χ2n) is 6.26. The van der Waals surface area contributed by atoms with Gasteiger partial charge in [-0.05, 0) is 39.0 Å². The molecule has 0 aromatic heterocycles. The van der Waals surface area contributed by atoms with Crippen LogP contribution in [0, 0.1) is 17.3 Å². The lowest BCUT2D eigenvalue weighted by Crippen LogP contribution is -2.48. The predicted octanol–water partition coefficient (Wildman–Crippen LogP) is 2.86. The topological polar surface area (TPSA) is 46.5 Å². The molecule has 0 unspecified atom stereocenters. The van der Waals surface area contributed by atoms with E-state index in [1.807, 2.05) is 20.8 Å². The van der Waals surface area contributed by atoms with Crippen LogP contribution in [0.3, 0.4) is 0 Å². The molecule has 17 heavy (non-hydrogen) atoms. The Labute approximate surface area is 103 Å². The van der Waals surface area contributed by atoms with E-state index in [9.17, 15) is 9.90 Å². The molecule has 0 heterocycles. The van der Waals surface area contributed by atoms with Crippen LogP contribution in [-0.2, 0) is 9.53 Å². The van der Waals surface area contributed by atoms with Crippen molar-refractivity contribution in [3.8, 4) is 0 Å². The second-order valence-corrected chi connectivity index (χ2v) is 6.26. The van der Waals surface area contributed by atoms with E-state index in [-0.39, 0.29) is 34.4 Å². The quantitative estimate of drug-likeness (QED) is 0.804. The van der Waals surface area contributed by atoms with Crippen molar-refractivity contribution in [2.24, 2.45) is 17.3 Å². The SMILES string of the molecule is COC(C)(C)[C@@H]1CC[C@]2(C)C[C@@H]1C(=O)C=C2O. The fourth-order valence-corrected chi connectivity index (χ4v) is 3.34. The van der Waals surface area contributed by atoms with Gasteiger partial charge in [0.1, 0.15) is 5.76 Å². The highest BCUT2D eigenvalue weighted by Crippen LogP contribution is 2.52. The van der Waals surface area contributed by atoms with Crippen LogP contribution in [0.4, 0.5) is 0 Å². The van der Waals surface area contributed by atoms with Crippen LogP contribution in [0.5, 0.6) is 0 Å². The van der Waals surface area contributed by atoms with E-state index in [1.54, 1.807) is 7.11 Å². The molecule has 2 bridgehead atoms. The molecule has 0 spiro atoms. The lowest BCUT2D eigenvalue weighted by Gasteiger charge is -2.48. The Balaban J connectivity index is 2.32. The van der Waals surface area contributed by atoms with Gasteiger partial charge in [0.2, 0.25) is 0 Å². The first-order valence-corrected chi connectivity index (χ1v) is 6.30. The Hall–Kier alpha value is -0.830. The molecule has 0 saturated heterocycles. The van der Waals surface area contributed by atoms with Crippen molar-refractivity contribution in [2.45, 2.75) is 45.6 Å².